The molecule has 0 amide bonds. The molecule has 0 radical (unpaired) electrons. The van der Waals surface area contributed by atoms with Gasteiger partial charge in [-0.2, -0.15) is 0 Å². The second-order valence-corrected chi connectivity index (χ2v) is 7.84. The number of halogens is 1. The Hall–Kier alpha value is -2.26. The zero-order valence-electron chi connectivity index (χ0n) is 16.2. The molecule has 1 aliphatic rings. The zero-order valence-corrected chi connectivity index (χ0v) is 17.0. The number of benzene rings is 2. The van der Waals surface area contributed by atoms with Crippen LogP contribution in [0.5, 0.6) is 11.5 Å². The Morgan fingerprint density at radius 1 is 1.11 bits per heavy atom. The third-order valence-corrected chi connectivity index (χ3v) is 5.74. The molecular formula is C23H24ClNO2. The number of hydrogen-bond donors (Lipinski definition) is 0. The lowest BCUT2D eigenvalue weighted by molar-refractivity contribution is 0.189. The van der Waals surface area contributed by atoms with E-state index in [0.29, 0.717) is 11.6 Å². The fourth-order valence-corrected chi connectivity index (χ4v) is 3.97. The van der Waals surface area contributed by atoms with Gasteiger partial charge >= 0.3 is 0 Å². The maximum absolute atomic E-state index is 6.26. The molecule has 0 fully saturated rings. The van der Waals surface area contributed by atoms with Crippen LogP contribution in [-0.2, 0) is 13.0 Å². The SMILES string of the molecule is Cc1c(C)c2c(c(C)c1OCc1ccc3ccc(Cl)cc3n1)CCC(C)O2. The van der Waals surface area contributed by atoms with Crippen molar-refractivity contribution in [1.29, 1.82) is 0 Å². The van der Waals surface area contributed by atoms with E-state index < -0.39 is 0 Å². The second kappa shape index (κ2) is 7.05. The van der Waals surface area contributed by atoms with Crippen LogP contribution in [0.25, 0.3) is 10.9 Å². The molecule has 0 spiro atoms. The Morgan fingerprint density at radius 2 is 1.89 bits per heavy atom. The lowest BCUT2D eigenvalue weighted by atomic mass is 9.92. The lowest BCUT2D eigenvalue weighted by Gasteiger charge is -2.29. The van der Waals surface area contributed by atoms with Crippen molar-refractivity contribution in [3.05, 3.63) is 63.3 Å². The van der Waals surface area contributed by atoms with Gasteiger partial charge in [0.15, 0.2) is 0 Å². The summed E-state index contributed by atoms with van der Waals surface area (Å²) in [6.07, 6.45) is 2.35. The van der Waals surface area contributed by atoms with E-state index in [1.807, 2.05) is 24.3 Å². The monoisotopic (exact) mass is 381 g/mol. The molecular weight excluding hydrogens is 358 g/mol. The molecule has 0 saturated carbocycles. The van der Waals surface area contributed by atoms with E-state index in [-0.39, 0.29) is 6.10 Å². The molecule has 1 atom stereocenters. The molecule has 0 aliphatic carbocycles. The summed E-state index contributed by atoms with van der Waals surface area (Å²) < 4.78 is 12.4. The predicted octanol–water partition coefficient (Wildman–Crippen LogP) is 6.11. The number of rotatable bonds is 3. The van der Waals surface area contributed by atoms with Gasteiger partial charge in [0.1, 0.15) is 18.1 Å². The van der Waals surface area contributed by atoms with Gasteiger partial charge in [-0.25, -0.2) is 4.98 Å². The molecule has 1 aromatic heterocycles. The summed E-state index contributed by atoms with van der Waals surface area (Å²) in [5.74, 6) is 2.01. The Morgan fingerprint density at radius 3 is 2.70 bits per heavy atom. The molecule has 2 aromatic carbocycles. The third-order valence-electron chi connectivity index (χ3n) is 5.51. The van der Waals surface area contributed by atoms with Crippen molar-refractivity contribution in [3.8, 4) is 11.5 Å². The predicted molar refractivity (Wildman–Crippen MR) is 110 cm³/mol. The van der Waals surface area contributed by atoms with E-state index in [1.165, 1.54) is 16.7 Å². The minimum absolute atomic E-state index is 0.274. The fourth-order valence-electron chi connectivity index (χ4n) is 3.80. The minimum atomic E-state index is 0.274. The normalized spacial score (nSPS) is 16.1. The van der Waals surface area contributed by atoms with Crippen LogP contribution < -0.4 is 9.47 Å². The van der Waals surface area contributed by atoms with E-state index in [1.54, 1.807) is 0 Å². The molecule has 0 N–H and O–H groups in total. The summed E-state index contributed by atoms with van der Waals surface area (Å²) in [7, 11) is 0. The van der Waals surface area contributed by atoms with E-state index in [0.717, 1.165) is 46.5 Å². The zero-order chi connectivity index (χ0) is 19.1. The van der Waals surface area contributed by atoms with Crippen LogP contribution in [0.1, 0.15) is 41.3 Å². The van der Waals surface area contributed by atoms with Gasteiger partial charge in [-0.1, -0.05) is 23.7 Å². The number of ether oxygens (including phenoxy) is 2. The lowest BCUT2D eigenvalue weighted by Crippen LogP contribution is -2.21. The Labute approximate surface area is 165 Å². The summed E-state index contributed by atoms with van der Waals surface area (Å²) >= 11 is 6.10. The summed E-state index contributed by atoms with van der Waals surface area (Å²) in [5.41, 5.74) is 6.57. The summed E-state index contributed by atoms with van der Waals surface area (Å²) in [6.45, 7) is 8.92. The smallest absolute Gasteiger partial charge is 0.130 e. The van der Waals surface area contributed by atoms with Gasteiger partial charge in [0.05, 0.1) is 17.3 Å². The molecule has 3 nitrogen and oxygen atoms in total. The maximum Gasteiger partial charge on any atom is 0.130 e. The van der Waals surface area contributed by atoms with Gasteiger partial charge in [0.2, 0.25) is 0 Å². The van der Waals surface area contributed by atoms with E-state index >= 15 is 0 Å². The molecule has 0 saturated heterocycles. The van der Waals surface area contributed by atoms with Crippen LogP contribution >= 0.6 is 11.6 Å². The highest BCUT2D eigenvalue weighted by atomic mass is 35.5. The van der Waals surface area contributed by atoms with E-state index in [2.05, 4.69) is 33.8 Å². The molecule has 0 bridgehead atoms. The number of fused-ring (bicyclic) bond motifs is 2. The minimum Gasteiger partial charge on any atom is -0.490 e. The first-order valence-corrected chi connectivity index (χ1v) is 9.79. The number of pyridine rings is 1. The van der Waals surface area contributed by atoms with Crippen molar-refractivity contribution >= 4 is 22.5 Å². The summed E-state index contributed by atoms with van der Waals surface area (Å²) in [4.78, 5) is 4.70. The first-order chi connectivity index (χ1) is 12.9. The Bertz CT molecular complexity index is 1030. The number of hydrogen-bond acceptors (Lipinski definition) is 3. The molecule has 1 aliphatic heterocycles. The number of aromatic nitrogens is 1. The molecule has 3 aromatic rings. The van der Waals surface area contributed by atoms with Crippen LogP contribution in [0.2, 0.25) is 5.02 Å². The van der Waals surface area contributed by atoms with Gasteiger partial charge in [0.25, 0.3) is 0 Å². The highest BCUT2D eigenvalue weighted by Gasteiger charge is 2.24. The maximum atomic E-state index is 6.26. The largest absolute Gasteiger partial charge is 0.490 e. The van der Waals surface area contributed by atoms with Crippen molar-refractivity contribution < 1.29 is 9.47 Å². The molecule has 1 unspecified atom stereocenters. The van der Waals surface area contributed by atoms with E-state index in [4.69, 9.17) is 26.1 Å². The molecule has 4 heteroatoms. The van der Waals surface area contributed by atoms with Crippen molar-refractivity contribution in [3.63, 3.8) is 0 Å². The van der Waals surface area contributed by atoms with Crippen molar-refractivity contribution in [2.75, 3.05) is 0 Å². The van der Waals surface area contributed by atoms with Crippen LogP contribution in [0.15, 0.2) is 30.3 Å². The van der Waals surface area contributed by atoms with Gasteiger partial charge in [-0.15, -0.1) is 0 Å². The third kappa shape index (κ3) is 3.37. The summed E-state index contributed by atoms with van der Waals surface area (Å²) in [5, 5.41) is 1.77. The van der Waals surface area contributed by atoms with Crippen LogP contribution in [-0.4, -0.2) is 11.1 Å². The standard InChI is InChI=1S/C23H24ClNO2/c1-13-5-10-20-16(4)22(14(2)15(3)23(20)27-13)26-12-19-9-7-17-6-8-18(24)11-21(17)25-19/h6-9,11,13H,5,10,12H2,1-4H3. The first kappa shape index (κ1) is 18.1. The average molecular weight is 382 g/mol. The van der Waals surface area contributed by atoms with Crippen molar-refractivity contribution in [2.45, 2.75) is 53.2 Å². The van der Waals surface area contributed by atoms with Gasteiger partial charge in [-0.05, 0) is 75.4 Å². The van der Waals surface area contributed by atoms with Crippen LogP contribution in [0.3, 0.4) is 0 Å². The second-order valence-electron chi connectivity index (χ2n) is 7.41. The molecule has 140 valence electrons. The topological polar surface area (TPSA) is 31.4 Å². The molecule has 4 rings (SSSR count). The fraction of sp³-hybridized carbons (Fsp3) is 0.348. The number of nitrogens with zero attached hydrogens (tertiary/aromatic N) is 1. The highest BCUT2D eigenvalue weighted by Crippen LogP contribution is 2.41. The van der Waals surface area contributed by atoms with E-state index in [9.17, 15) is 0 Å². The average Bonchev–Trinajstić information content (AvgIpc) is 2.65. The van der Waals surface area contributed by atoms with Crippen LogP contribution in [0, 0.1) is 20.8 Å². The Kier molecular flexibility index (Phi) is 4.73. The van der Waals surface area contributed by atoms with Gasteiger partial charge in [0, 0.05) is 16.0 Å². The molecule has 27 heavy (non-hydrogen) atoms. The molecule has 2 heterocycles. The summed E-state index contributed by atoms with van der Waals surface area (Å²) in [6, 6.07) is 9.82. The quantitative estimate of drug-likeness (QED) is 0.548. The van der Waals surface area contributed by atoms with Crippen molar-refractivity contribution in [2.24, 2.45) is 0 Å². The first-order valence-electron chi connectivity index (χ1n) is 9.41. The van der Waals surface area contributed by atoms with Gasteiger partial charge in [-0.3, -0.25) is 0 Å². The highest BCUT2D eigenvalue weighted by molar-refractivity contribution is 6.31. The van der Waals surface area contributed by atoms with Crippen molar-refractivity contribution in [1.82, 2.24) is 4.98 Å². The Balaban J connectivity index is 1.64. The van der Waals surface area contributed by atoms with Gasteiger partial charge < -0.3 is 9.47 Å². The van der Waals surface area contributed by atoms with Crippen LogP contribution in [0.4, 0.5) is 0 Å².